The number of hydrogen-bond donors (Lipinski definition) is 2. The van der Waals surface area contributed by atoms with Gasteiger partial charge in [-0.15, -0.1) is 0 Å². The Labute approximate surface area is 157 Å². The lowest BCUT2D eigenvalue weighted by molar-refractivity contribution is -0.137. The van der Waals surface area contributed by atoms with Crippen molar-refractivity contribution < 1.29 is 18.0 Å². The number of nitrogens with zero attached hydrogens (tertiary/aromatic N) is 3. The molecule has 2 N–H and O–H groups in total. The molecular formula is C19H12F3N5O. The zero-order chi connectivity index (χ0) is 20.1. The van der Waals surface area contributed by atoms with Gasteiger partial charge in [-0.3, -0.25) is 4.79 Å². The average Bonchev–Trinajstić information content (AvgIpc) is 2.68. The highest BCUT2D eigenvalue weighted by atomic mass is 19.4. The molecule has 3 rings (SSSR count). The Hall–Kier alpha value is -3.93. The molecule has 6 nitrogen and oxygen atoms in total. The Balaban J connectivity index is 1.77. The van der Waals surface area contributed by atoms with Crippen LogP contribution in [0.1, 0.15) is 21.6 Å². The molecule has 0 aliphatic carbocycles. The van der Waals surface area contributed by atoms with Gasteiger partial charge in [-0.2, -0.15) is 18.4 Å². The van der Waals surface area contributed by atoms with Crippen LogP contribution in [-0.4, -0.2) is 15.9 Å². The van der Waals surface area contributed by atoms with Crippen molar-refractivity contribution in [1.29, 1.82) is 5.26 Å². The molecule has 0 aliphatic rings. The lowest BCUT2D eigenvalue weighted by Crippen LogP contribution is -2.14. The molecule has 0 saturated carbocycles. The minimum atomic E-state index is -4.47. The minimum Gasteiger partial charge on any atom is -0.340 e. The van der Waals surface area contributed by atoms with E-state index in [1.54, 1.807) is 18.2 Å². The number of hydrogen-bond acceptors (Lipinski definition) is 5. The molecule has 0 atom stereocenters. The number of alkyl halides is 3. The van der Waals surface area contributed by atoms with Crippen molar-refractivity contribution in [3.05, 3.63) is 77.7 Å². The zero-order valence-corrected chi connectivity index (χ0v) is 14.2. The predicted octanol–water partition coefficient (Wildman–Crippen LogP) is 4.36. The topological polar surface area (TPSA) is 90.7 Å². The molecule has 0 radical (unpaired) electrons. The first-order valence-corrected chi connectivity index (χ1v) is 7.93. The first-order valence-electron chi connectivity index (χ1n) is 7.93. The molecule has 3 aromatic rings. The van der Waals surface area contributed by atoms with Crippen LogP contribution in [0.4, 0.5) is 30.4 Å². The quantitative estimate of drug-likeness (QED) is 0.698. The molecule has 0 fully saturated rings. The molecule has 0 aliphatic heterocycles. The third kappa shape index (κ3) is 4.62. The second-order valence-electron chi connectivity index (χ2n) is 5.64. The number of carbonyl (C=O) groups excluding carboxylic acids is 1. The van der Waals surface area contributed by atoms with Gasteiger partial charge in [-0.05, 0) is 36.4 Å². The van der Waals surface area contributed by atoms with Gasteiger partial charge in [0.1, 0.15) is 17.8 Å². The fourth-order valence-corrected chi connectivity index (χ4v) is 2.33. The number of carbonyl (C=O) groups is 1. The Kier molecular flexibility index (Phi) is 5.22. The summed E-state index contributed by atoms with van der Waals surface area (Å²) in [7, 11) is 0. The first-order chi connectivity index (χ1) is 13.3. The van der Waals surface area contributed by atoms with Crippen LogP contribution < -0.4 is 10.6 Å². The molecule has 1 amide bonds. The molecule has 0 bridgehead atoms. The Morgan fingerprint density at radius 3 is 2.50 bits per heavy atom. The summed E-state index contributed by atoms with van der Waals surface area (Å²) in [6.07, 6.45) is -3.34. The summed E-state index contributed by atoms with van der Waals surface area (Å²) in [6, 6.07) is 14.2. The summed E-state index contributed by atoms with van der Waals surface area (Å²) >= 11 is 0. The Morgan fingerprint density at radius 1 is 1.00 bits per heavy atom. The van der Waals surface area contributed by atoms with E-state index in [2.05, 4.69) is 20.6 Å². The van der Waals surface area contributed by atoms with Crippen molar-refractivity contribution in [2.24, 2.45) is 0 Å². The maximum Gasteiger partial charge on any atom is 0.416 e. The predicted molar refractivity (Wildman–Crippen MR) is 95.9 cm³/mol. The lowest BCUT2D eigenvalue weighted by atomic mass is 10.2. The molecule has 1 heterocycles. The van der Waals surface area contributed by atoms with Crippen LogP contribution in [-0.2, 0) is 6.18 Å². The smallest absolute Gasteiger partial charge is 0.340 e. The van der Waals surface area contributed by atoms with E-state index in [4.69, 9.17) is 5.26 Å². The van der Waals surface area contributed by atoms with E-state index in [-0.39, 0.29) is 17.2 Å². The Morgan fingerprint density at radius 2 is 1.75 bits per heavy atom. The zero-order valence-electron chi connectivity index (χ0n) is 14.2. The van der Waals surface area contributed by atoms with Crippen LogP contribution in [0.15, 0.2) is 60.9 Å². The van der Waals surface area contributed by atoms with Crippen molar-refractivity contribution in [2.75, 3.05) is 10.6 Å². The van der Waals surface area contributed by atoms with Crippen LogP contribution in [0, 0.1) is 11.3 Å². The minimum absolute atomic E-state index is 0.00633. The van der Waals surface area contributed by atoms with E-state index < -0.39 is 17.6 Å². The number of aromatic nitrogens is 2. The van der Waals surface area contributed by atoms with Gasteiger partial charge < -0.3 is 10.6 Å². The van der Waals surface area contributed by atoms with E-state index in [9.17, 15) is 18.0 Å². The summed E-state index contributed by atoms with van der Waals surface area (Å²) in [5.74, 6) is -0.394. The van der Waals surface area contributed by atoms with Crippen LogP contribution in [0.2, 0.25) is 0 Å². The lowest BCUT2D eigenvalue weighted by Gasteiger charge is -2.11. The fraction of sp³-hybridized carbons (Fsp3) is 0.0526. The number of nitrogens with one attached hydrogen (secondary N) is 2. The van der Waals surface area contributed by atoms with Crippen LogP contribution >= 0.6 is 0 Å². The normalized spacial score (nSPS) is 10.8. The maximum atomic E-state index is 12.8. The van der Waals surface area contributed by atoms with Gasteiger partial charge in [0.15, 0.2) is 0 Å². The summed E-state index contributed by atoms with van der Waals surface area (Å²) in [4.78, 5) is 20.1. The number of rotatable bonds is 4. The standard InChI is InChI=1S/C19H12F3N5O/c20-19(21,22)13-4-2-6-15(8-13)26-17-9-16(24-11-25-17)18(28)27-14-5-1-3-12(7-14)10-23/h1-9,11H,(H,27,28)(H,24,25,26). The molecule has 2 aromatic carbocycles. The van der Waals surface area contributed by atoms with Gasteiger partial charge in [0, 0.05) is 17.4 Å². The Bertz CT molecular complexity index is 1060. The van der Waals surface area contributed by atoms with Crippen molar-refractivity contribution >= 4 is 23.1 Å². The monoisotopic (exact) mass is 383 g/mol. The number of amides is 1. The number of benzene rings is 2. The second-order valence-corrected chi connectivity index (χ2v) is 5.64. The number of nitriles is 1. The van der Waals surface area contributed by atoms with E-state index in [1.165, 1.54) is 24.3 Å². The van der Waals surface area contributed by atoms with Gasteiger partial charge >= 0.3 is 6.18 Å². The van der Waals surface area contributed by atoms with Gasteiger partial charge in [0.25, 0.3) is 5.91 Å². The maximum absolute atomic E-state index is 12.8. The van der Waals surface area contributed by atoms with E-state index in [0.29, 0.717) is 11.3 Å². The average molecular weight is 383 g/mol. The van der Waals surface area contributed by atoms with Gasteiger partial charge in [0.05, 0.1) is 17.2 Å². The summed E-state index contributed by atoms with van der Waals surface area (Å²) in [6.45, 7) is 0. The van der Waals surface area contributed by atoms with Crippen LogP contribution in [0.3, 0.4) is 0 Å². The molecule has 0 unspecified atom stereocenters. The van der Waals surface area contributed by atoms with E-state index in [1.807, 2.05) is 6.07 Å². The third-order valence-corrected chi connectivity index (χ3v) is 3.61. The number of halogens is 3. The highest BCUT2D eigenvalue weighted by Crippen LogP contribution is 2.31. The molecule has 0 spiro atoms. The third-order valence-electron chi connectivity index (χ3n) is 3.61. The van der Waals surface area contributed by atoms with Crippen molar-refractivity contribution in [3.8, 4) is 6.07 Å². The van der Waals surface area contributed by atoms with Gasteiger partial charge in [0.2, 0.25) is 0 Å². The summed E-state index contributed by atoms with van der Waals surface area (Å²) in [5, 5.41) is 14.2. The summed E-state index contributed by atoms with van der Waals surface area (Å²) < 4.78 is 38.4. The van der Waals surface area contributed by atoms with Crippen LogP contribution in [0.25, 0.3) is 0 Å². The molecule has 28 heavy (non-hydrogen) atoms. The number of anilines is 3. The largest absolute Gasteiger partial charge is 0.416 e. The van der Waals surface area contributed by atoms with E-state index >= 15 is 0 Å². The molecule has 1 aromatic heterocycles. The van der Waals surface area contributed by atoms with Crippen molar-refractivity contribution in [3.63, 3.8) is 0 Å². The van der Waals surface area contributed by atoms with Crippen LogP contribution in [0.5, 0.6) is 0 Å². The van der Waals surface area contributed by atoms with Gasteiger partial charge in [-0.1, -0.05) is 12.1 Å². The second kappa shape index (κ2) is 7.75. The molecular weight excluding hydrogens is 371 g/mol. The summed E-state index contributed by atoms with van der Waals surface area (Å²) in [5.41, 5.74) is 0.165. The van der Waals surface area contributed by atoms with Crippen molar-refractivity contribution in [1.82, 2.24) is 9.97 Å². The van der Waals surface area contributed by atoms with Gasteiger partial charge in [-0.25, -0.2) is 9.97 Å². The fourth-order valence-electron chi connectivity index (χ4n) is 2.33. The first kappa shape index (κ1) is 18.8. The molecule has 9 heteroatoms. The SMILES string of the molecule is N#Cc1cccc(NC(=O)c2cc(Nc3cccc(C(F)(F)F)c3)ncn2)c1. The molecule has 140 valence electrons. The van der Waals surface area contributed by atoms with Crippen molar-refractivity contribution in [2.45, 2.75) is 6.18 Å². The highest BCUT2D eigenvalue weighted by molar-refractivity contribution is 6.03. The van der Waals surface area contributed by atoms with E-state index in [0.717, 1.165) is 18.5 Å². The molecule has 0 saturated heterocycles. The highest BCUT2D eigenvalue weighted by Gasteiger charge is 2.30.